The second kappa shape index (κ2) is 4.63. The maximum absolute atomic E-state index is 10.1. The minimum atomic E-state index is -0.115. The Morgan fingerprint density at radius 3 is 2.57 bits per heavy atom. The third-order valence-corrected chi connectivity index (χ3v) is 3.98. The van der Waals surface area contributed by atoms with Gasteiger partial charge in [-0.3, -0.25) is 0 Å². The zero-order chi connectivity index (χ0) is 9.97. The lowest BCUT2D eigenvalue weighted by atomic mass is 9.88. The van der Waals surface area contributed by atoms with E-state index in [9.17, 15) is 5.11 Å². The van der Waals surface area contributed by atoms with Gasteiger partial charge in [-0.05, 0) is 25.7 Å². The summed E-state index contributed by atoms with van der Waals surface area (Å²) in [6.45, 7) is 2.93. The smallest absolute Gasteiger partial charge is 0.0600 e. The van der Waals surface area contributed by atoms with Crippen LogP contribution in [0.5, 0.6) is 0 Å². The Hall–Kier alpha value is -0.0800. The number of hydrogen-bond acceptors (Lipinski definition) is 2. The van der Waals surface area contributed by atoms with E-state index in [2.05, 4.69) is 6.92 Å². The van der Waals surface area contributed by atoms with Gasteiger partial charge in [0.25, 0.3) is 0 Å². The van der Waals surface area contributed by atoms with Crippen molar-refractivity contribution in [1.29, 1.82) is 0 Å². The van der Waals surface area contributed by atoms with Crippen LogP contribution in [0.15, 0.2) is 0 Å². The van der Waals surface area contributed by atoms with Gasteiger partial charge in [0, 0.05) is 12.5 Å². The quantitative estimate of drug-likeness (QED) is 0.754. The van der Waals surface area contributed by atoms with Gasteiger partial charge >= 0.3 is 0 Å². The van der Waals surface area contributed by atoms with E-state index in [0.717, 1.165) is 25.4 Å². The van der Waals surface area contributed by atoms with Gasteiger partial charge in [-0.15, -0.1) is 0 Å². The molecule has 2 rings (SSSR count). The first-order chi connectivity index (χ1) is 6.77. The molecule has 3 atom stereocenters. The van der Waals surface area contributed by atoms with Crippen LogP contribution in [0.4, 0.5) is 0 Å². The molecule has 2 heteroatoms. The maximum atomic E-state index is 10.1. The molecule has 0 bridgehead atoms. The number of hydrogen-bond donors (Lipinski definition) is 1. The third kappa shape index (κ3) is 2.29. The molecule has 1 saturated carbocycles. The van der Waals surface area contributed by atoms with Crippen LogP contribution in [0.25, 0.3) is 0 Å². The van der Waals surface area contributed by atoms with Gasteiger partial charge in [0.15, 0.2) is 0 Å². The number of ether oxygens (including phenoxy) is 1. The molecule has 1 heterocycles. The summed E-state index contributed by atoms with van der Waals surface area (Å²) in [7, 11) is 0. The van der Waals surface area contributed by atoms with Gasteiger partial charge in [-0.25, -0.2) is 0 Å². The first kappa shape index (κ1) is 10.4. The van der Waals surface area contributed by atoms with Gasteiger partial charge in [0.05, 0.1) is 12.2 Å². The van der Waals surface area contributed by atoms with E-state index in [1.165, 1.54) is 25.7 Å². The Balaban J connectivity index is 1.78. The SMILES string of the molecule is CC1OCCC1C(O)CC1CCCC1. The Bertz CT molecular complexity index is 175. The molecule has 2 nitrogen and oxygen atoms in total. The zero-order valence-corrected chi connectivity index (χ0v) is 9.11. The molecule has 1 aliphatic heterocycles. The molecule has 1 N–H and O–H groups in total. The molecule has 82 valence electrons. The molecule has 2 aliphatic rings. The molecule has 0 aromatic carbocycles. The number of rotatable bonds is 3. The molecule has 0 aromatic heterocycles. The maximum Gasteiger partial charge on any atom is 0.0600 e. The molecular formula is C12H22O2. The van der Waals surface area contributed by atoms with E-state index in [1.807, 2.05) is 0 Å². The van der Waals surface area contributed by atoms with E-state index in [-0.39, 0.29) is 12.2 Å². The lowest BCUT2D eigenvalue weighted by Gasteiger charge is -2.23. The highest BCUT2D eigenvalue weighted by Gasteiger charge is 2.32. The van der Waals surface area contributed by atoms with Crippen LogP contribution in [0.1, 0.15) is 45.4 Å². The Morgan fingerprint density at radius 1 is 1.29 bits per heavy atom. The van der Waals surface area contributed by atoms with Crippen molar-refractivity contribution in [3.05, 3.63) is 0 Å². The van der Waals surface area contributed by atoms with Crippen molar-refractivity contribution < 1.29 is 9.84 Å². The summed E-state index contributed by atoms with van der Waals surface area (Å²) in [5.74, 6) is 1.19. The summed E-state index contributed by atoms with van der Waals surface area (Å²) in [6.07, 6.45) is 7.62. The van der Waals surface area contributed by atoms with Crippen molar-refractivity contribution >= 4 is 0 Å². The van der Waals surface area contributed by atoms with Crippen LogP contribution in [0, 0.1) is 11.8 Å². The van der Waals surface area contributed by atoms with E-state index >= 15 is 0 Å². The molecule has 3 unspecified atom stereocenters. The minimum absolute atomic E-state index is 0.115. The van der Waals surface area contributed by atoms with Gasteiger partial charge in [-0.2, -0.15) is 0 Å². The monoisotopic (exact) mass is 198 g/mol. The first-order valence-electron chi connectivity index (χ1n) is 6.07. The van der Waals surface area contributed by atoms with Gasteiger partial charge in [-0.1, -0.05) is 25.7 Å². The number of aliphatic hydroxyl groups is 1. The zero-order valence-electron chi connectivity index (χ0n) is 9.11. The molecule has 1 aliphatic carbocycles. The highest BCUT2D eigenvalue weighted by molar-refractivity contribution is 4.82. The van der Waals surface area contributed by atoms with E-state index < -0.39 is 0 Å². The summed E-state index contributed by atoms with van der Waals surface area (Å²) in [6, 6.07) is 0. The van der Waals surface area contributed by atoms with E-state index in [1.54, 1.807) is 0 Å². The van der Waals surface area contributed by atoms with Gasteiger partial charge in [0.1, 0.15) is 0 Å². The van der Waals surface area contributed by atoms with Crippen molar-refractivity contribution in [2.24, 2.45) is 11.8 Å². The molecule has 0 amide bonds. The standard InChI is InChI=1S/C12H22O2/c1-9-11(6-7-14-9)12(13)8-10-4-2-3-5-10/h9-13H,2-8H2,1H3. The average molecular weight is 198 g/mol. The highest BCUT2D eigenvalue weighted by Crippen LogP contribution is 2.33. The highest BCUT2D eigenvalue weighted by atomic mass is 16.5. The van der Waals surface area contributed by atoms with Crippen molar-refractivity contribution in [2.75, 3.05) is 6.61 Å². The first-order valence-corrected chi connectivity index (χ1v) is 6.07. The Morgan fingerprint density at radius 2 is 2.00 bits per heavy atom. The molecule has 0 aromatic rings. The predicted octanol–water partition coefficient (Wildman–Crippen LogP) is 2.35. The summed E-state index contributed by atoms with van der Waals surface area (Å²) >= 11 is 0. The fourth-order valence-corrected chi connectivity index (χ4v) is 3.02. The van der Waals surface area contributed by atoms with Crippen LogP contribution in [-0.4, -0.2) is 23.9 Å². The fraction of sp³-hybridized carbons (Fsp3) is 1.00. The molecule has 0 spiro atoms. The minimum Gasteiger partial charge on any atom is -0.393 e. The summed E-state index contributed by atoms with van der Waals surface area (Å²) < 4.78 is 5.49. The molecule has 1 saturated heterocycles. The van der Waals surface area contributed by atoms with E-state index in [4.69, 9.17) is 4.74 Å². The van der Waals surface area contributed by atoms with Gasteiger partial charge in [0.2, 0.25) is 0 Å². The largest absolute Gasteiger partial charge is 0.393 e. The van der Waals surface area contributed by atoms with Crippen molar-refractivity contribution in [1.82, 2.24) is 0 Å². The van der Waals surface area contributed by atoms with Crippen molar-refractivity contribution in [2.45, 2.75) is 57.7 Å². The molecule has 0 radical (unpaired) electrons. The Kier molecular flexibility index (Phi) is 3.45. The predicted molar refractivity (Wildman–Crippen MR) is 56.1 cm³/mol. The van der Waals surface area contributed by atoms with Crippen molar-refractivity contribution in [3.8, 4) is 0 Å². The normalized spacial score (nSPS) is 36.4. The van der Waals surface area contributed by atoms with E-state index in [0.29, 0.717) is 5.92 Å². The van der Waals surface area contributed by atoms with Gasteiger partial charge < -0.3 is 9.84 Å². The Labute approximate surface area is 86.6 Å². The van der Waals surface area contributed by atoms with Crippen LogP contribution in [0.2, 0.25) is 0 Å². The molecular weight excluding hydrogens is 176 g/mol. The lowest BCUT2D eigenvalue weighted by molar-refractivity contribution is 0.0315. The average Bonchev–Trinajstić information content (AvgIpc) is 2.75. The van der Waals surface area contributed by atoms with Crippen LogP contribution < -0.4 is 0 Å². The third-order valence-electron chi connectivity index (χ3n) is 3.98. The topological polar surface area (TPSA) is 29.5 Å². The second-order valence-corrected chi connectivity index (χ2v) is 4.98. The summed E-state index contributed by atoms with van der Waals surface area (Å²) in [5, 5.41) is 10.1. The van der Waals surface area contributed by atoms with Crippen LogP contribution in [0.3, 0.4) is 0 Å². The second-order valence-electron chi connectivity index (χ2n) is 4.98. The fourth-order valence-electron chi connectivity index (χ4n) is 3.02. The van der Waals surface area contributed by atoms with Crippen molar-refractivity contribution in [3.63, 3.8) is 0 Å². The van der Waals surface area contributed by atoms with Crippen LogP contribution >= 0.6 is 0 Å². The molecule has 14 heavy (non-hydrogen) atoms. The summed E-state index contributed by atoms with van der Waals surface area (Å²) in [4.78, 5) is 0. The van der Waals surface area contributed by atoms with Crippen LogP contribution in [-0.2, 0) is 4.74 Å². The number of aliphatic hydroxyl groups excluding tert-OH is 1. The lowest BCUT2D eigenvalue weighted by Crippen LogP contribution is -2.27. The molecule has 2 fully saturated rings. The summed E-state index contributed by atoms with van der Waals surface area (Å²) in [5.41, 5.74) is 0.